The van der Waals surface area contributed by atoms with Crippen molar-refractivity contribution in [3.63, 3.8) is 0 Å². The Morgan fingerprint density at radius 2 is 1.72 bits per heavy atom. The molecule has 0 amide bonds. The van der Waals surface area contributed by atoms with Crippen LogP contribution in [0.3, 0.4) is 0 Å². The SMILES string of the molecule is CCOc1cc(-c2cccs2)cc(=Nc2ccc(C)c(C)c2)c2c(C)oc(C)c12. The fraction of sp³-hybridized carbons (Fsp3) is 0.240. The molecule has 0 aliphatic heterocycles. The summed E-state index contributed by atoms with van der Waals surface area (Å²) in [5, 5.41) is 4.99. The first-order valence-corrected chi connectivity index (χ1v) is 10.7. The topological polar surface area (TPSA) is 34.7 Å². The summed E-state index contributed by atoms with van der Waals surface area (Å²) >= 11 is 1.71. The Morgan fingerprint density at radius 3 is 2.41 bits per heavy atom. The van der Waals surface area contributed by atoms with E-state index in [2.05, 4.69) is 61.7 Å². The van der Waals surface area contributed by atoms with Gasteiger partial charge in [0, 0.05) is 4.88 Å². The normalized spacial score (nSPS) is 12.0. The lowest BCUT2D eigenvalue weighted by atomic mass is 10.1. The Bertz CT molecular complexity index is 1250. The van der Waals surface area contributed by atoms with Gasteiger partial charge in [-0.25, -0.2) is 4.99 Å². The van der Waals surface area contributed by atoms with Crippen LogP contribution in [0, 0.1) is 27.7 Å². The van der Waals surface area contributed by atoms with Crippen molar-refractivity contribution < 1.29 is 9.15 Å². The van der Waals surface area contributed by atoms with Crippen molar-refractivity contribution in [3.8, 4) is 16.2 Å². The molecule has 148 valence electrons. The zero-order valence-corrected chi connectivity index (χ0v) is 18.3. The number of rotatable bonds is 4. The van der Waals surface area contributed by atoms with Gasteiger partial charge in [-0.3, -0.25) is 0 Å². The molecule has 0 fully saturated rings. The maximum absolute atomic E-state index is 6.06. The van der Waals surface area contributed by atoms with Crippen LogP contribution in [0.15, 0.2) is 57.3 Å². The minimum atomic E-state index is 0.594. The Kier molecular flexibility index (Phi) is 5.29. The number of nitrogens with zero attached hydrogens (tertiary/aromatic N) is 1. The number of fused-ring (bicyclic) bond motifs is 1. The lowest BCUT2D eigenvalue weighted by Gasteiger charge is -2.03. The van der Waals surface area contributed by atoms with Gasteiger partial charge in [-0.05, 0) is 87.0 Å². The summed E-state index contributed by atoms with van der Waals surface area (Å²) in [5.74, 6) is 2.54. The Balaban J connectivity index is 2.13. The lowest BCUT2D eigenvalue weighted by molar-refractivity contribution is 0.344. The highest BCUT2D eigenvalue weighted by atomic mass is 32.1. The zero-order chi connectivity index (χ0) is 20.5. The summed E-state index contributed by atoms with van der Waals surface area (Å²) in [6, 6.07) is 14.8. The second-order valence-electron chi connectivity index (χ2n) is 7.25. The van der Waals surface area contributed by atoms with Gasteiger partial charge < -0.3 is 9.15 Å². The smallest absolute Gasteiger partial charge is 0.131 e. The average molecular weight is 404 g/mol. The maximum atomic E-state index is 6.06. The Labute approximate surface area is 175 Å². The predicted molar refractivity (Wildman–Crippen MR) is 121 cm³/mol. The quantitative estimate of drug-likeness (QED) is 0.367. The van der Waals surface area contributed by atoms with E-state index in [-0.39, 0.29) is 0 Å². The van der Waals surface area contributed by atoms with Crippen LogP contribution in [-0.4, -0.2) is 6.61 Å². The van der Waals surface area contributed by atoms with E-state index in [1.165, 1.54) is 16.0 Å². The molecule has 0 atom stereocenters. The standard InChI is InChI=1S/C25H25NO2S/c1-6-27-22-14-19(23-8-7-11-29-23)13-21(24-17(4)28-18(5)25(22)24)26-20-10-9-15(2)16(3)12-20/h7-14H,6H2,1-5H3. The van der Waals surface area contributed by atoms with Crippen molar-refractivity contribution in [2.45, 2.75) is 34.6 Å². The van der Waals surface area contributed by atoms with Gasteiger partial charge in [0.05, 0.1) is 28.4 Å². The molecule has 4 aromatic rings. The van der Waals surface area contributed by atoms with Crippen LogP contribution in [0.2, 0.25) is 0 Å². The van der Waals surface area contributed by atoms with Gasteiger partial charge in [0.25, 0.3) is 0 Å². The highest BCUT2D eigenvalue weighted by molar-refractivity contribution is 7.13. The molecule has 2 aromatic carbocycles. The van der Waals surface area contributed by atoms with Gasteiger partial charge >= 0.3 is 0 Å². The van der Waals surface area contributed by atoms with Crippen molar-refractivity contribution >= 4 is 27.8 Å². The van der Waals surface area contributed by atoms with Crippen LogP contribution in [0.4, 0.5) is 5.69 Å². The molecular formula is C25H25NO2S. The molecule has 2 aromatic heterocycles. The van der Waals surface area contributed by atoms with E-state index in [9.17, 15) is 0 Å². The van der Waals surface area contributed by atoms with Crippen molar-refractivity contribution in [2.24, 2.45) is 4.99 Å². The van der Waals surface area contributed by atoms with E-state index >= 15 is 0 Å². The molecule has 0 aliphatic rings. The third-order valence-electron chi connectivity index (χ3n) is 5.19. The zero-order valence-electron chi connectivity index (χ0n) is 17.5. The number of benzene rings is 1. The monoisotopic (exact) mass is 403 g/mol. The van der Waals surface area contributed by atoms with Crippen LogP contribution >= 0.6 is 11.3 Å². The average Bonchev–Trinajstić information content (AvgIpc) is 3.27. The molecule has 0 spiro atoms. The van der Waals surface area contributed by atoms with Crippen LogP contribution in [0.25, 0.3) is 21.2 Å². The van der Waals surface area contributed by atoms with Gasteiger partial charge in [-0.15, -0.1) is 11.3 Å². The molecule has 0 aliphatic carbocycles. The van der Waals surface area contributed by atoms with Gasteiger partial charge in [0.2, 0.25) is 0 Å². The van der Waals surface area contributed by atoms with E-state index in [0.29, 0.717) is 6.61 Å². The van der Waals surface area contributed by atoms with E-state index < -0.39 is 0 Å². The molecule has 4 rings (SSSR count). The summed E-state index contributed by atoms with van der Waals surface area (Å²) in [6.45, 7) is 10.8. The Hall–Kier alpha value is -2.85. The number of hydrogen-bond acceptors (Lipinski definition) is 4. The van der Waals surface area contributed by atoms with E-state index in [1.807, 2.05) is 20.8 Å². The van der Waals surface area contributed by atoms with Crippen molar-refractivity contribution in [3.05, 3.63) is 75.8 Å². The van der Waals surface area contributed by atoms with Gasteiger partial charge in [0.15, 0.2) is 0 Å². The number of thiophene rings is 1. The number of ether oxygens (including phenoxy) is 1. The van der Waals surface area contributed by atoms with E-state index in [4.69, 9.17) is 14.1 Å². The third kappa shape index (κ3) is 3.73. The van der Waals surface area contributed by atoms with Crippen LogP contribution in [-0.2, 0) is 0 Å². The molecule has 0 saturated heterocycles. The van der Waals surface area contributed by atoms with Gasteiger partial charge in [-0.2, -0.15) is 0 Å². The van der Waals surface area contributed by atoms with Gasteiger partial charge in [-0.1, -0.05) is 12.1 Å². The minimum Gasteiger partial charge on any atom is -0.493 e. The lowest BCUT2D eigenvalue weighted by Crippen LogP contribution is -2.00. The second kappa shape index (κ2) is 7.88. The van der Waals surface area contributed by atoms with Crippen molar-refractivity contribution in [1.82, 2.24) is 0 Å². The van der Waals surface area contributed by atoms with Crippen LogP contribution < -0.4 is 10.1 Å². The summed E-state index contributed by atoms with van der Waals surface area (Å²) < 4.78 is 12.1. The molecule has 0 radical (unpaired) electrons. The van der Waals surface area contributed by atoms with Crippen molar-refractivity contribution in [1.29, 1.82) is 0 Å². The largest absolute Gasteiger partial charge is 0.493 e. The highest BCUT2D eigenvalue weighted by Crippen LogP contribution is 2.35. The highest BCUT2D eigenvalue weighted by Gasteiger charge is 2.16. The van der Waals surface area contributed by atoms with Crippen LogP contribution in [0.5, 0.6) is 5.75 Å². The number of aryl methyl sites for hydroxylation is 4. The van der Waals surface area contributed by atoms with Crippen LogP contribution in [0.1, 0.15) is 29.6 Å². The molecule has 0 N–H and O–H groups in total. The Morgan fingerprint density at radius 1 is 0.931 bits per heavy atom. The molecule has 0 saturated carbocycles. The van der Waals surface area contributed by atoms with E-state index in [0.717, 1.165) is 44.7 Å². The summed E-state index contributed by atoms with van der Waals surface area (Å²) in [7, 11) is 0. The number of hydrogen-bond donors (Lipinski definition) is 0. The third-order valence-corrected chi connectivity index (χ3v) is 6.11. The first-order valence-electron chi connectivity index (χ1n) is 9.84. The molecule has 29 heavy (non-hydrogen) atoms. The van der Waals surface area contributed by atoms with Crippen molar-refractivity contribution in [2.75, 3.05) is 6.61 Å². The number of furan rings is 1. The minimum absolute atomic E-state index is 0.594. The van der Waals surface area contributed by atoms with Gasteiger partial charge in [0.1, 0.15) is 17.3 Å². The fourth-order valence-corrected chi connectivity index (χ4v) is 4.36. The van der Waals surface area contributed by atoms with E-state index in [1.54, 1.807) is 11.3 Å². The first-order chi connectivity index (χ1) is 14.0. The molecule has 2 heterocycles. The summed E-state index contributed by atoms with van der Waals surface area (Å²) in [5.41, 5.74) is 4.53. The first kappa shape index (κ1) is 19.5. The fourth-order valence-electron chi connectivity index (χ4n) is 3.64. The molecule has 0 unspecified atom stereocenters. The molecule has 3 nitrogen and oxygen atoms in total. The summed E-state index contributed by atoms with van der Waals surface area (Å²) in [6.07, 6.45) is 0. The second-order valence-corrected chi connectivity index (χ2v) is 8.20. The predicted octanol–water partition coefficient (Wildman–Crippen LogP) is 7.03. The molecule has 4 heteroatoms. The molecule has 0 bridgehead atoms. The molecular weight excluding hydrogens is 378 g/mol. The maximum Gasteiger partial charge on any atom is 0.131 e. The summed E-state index contributed by atoms with van der Waals surface area (Å²) in [4.78, 5) is 6.23.